The van der Waals surface area contributed by atoms with Gasteiger partial charge < -0.3 is 19.9 Å². The molecule has 1 amide bonds. The van der Waals surface area contributed by atoms with Gasteiger partial charge in [0, 0.05) is 0 Å². The highest BCUT2D eigenvalue weighted by Gasteiger charge is 2.30. The largest absolute Gasteiger partial charge is 0.485 e. The smallest absolute Gasteiger partial charge is 0.326 e. The molecular weight excluding hydrogens is 262 g/mol. The number of nitrogens with one attached hydrogen (secondary N) is 1. The van der Waals surface area contributed by atoms with E-state index in [2.05, 4.69) is 5.32 Å². The van der Waals surface area contributed by atoms with Crippen LogP contribution >= 0.6 is 0 Å². The van der Waals surface area contributed by atoms with Crippen LogP contribution in [-0.2, 0) is 9.59 Å². The average Bonchev–Trinajstić information content (AvgIpc) is 2.46. The minimum atomic E-state index is -1.04. The van der Waals surface area contributed by atoms with Crippen LogP contribution in [0.2, 0.25) is 0 Å². The van der Waals surface area contributed by atoms with E-state index in [0.717, 1.165) is 0 Å². The first-order chi connectivity index (χ1) is 9.61. The first-order valence-corrected chi connectivity index (χ1v) is 6.53. The third kappa shape index (κ3) is 3.20. The van der Waals surface area contributed by atoms with Crippen LogP contribution < -0.4 is 14.8 Å². The third-order valence-corrected chi connectivity index (χ3v) is 2.99. The second-order valence-electron chi connectivity index (χ2n) is 4.55. The minimum absolute atomic E-state index is 0.0707. The summed E-state index contributed by atoms with van der Waals surface area (Å²) >= 11 is 0. The molecule has 1 aliphatic rings. The van der Waals surface area contributed by atoms with Crippen molar-refractivity contribution in [1.29, 1.82) is 0 Å². The molecule has 0 saturated carbocycles. The van der Waals surface area contributed by atoms with Crippen molar-refractivity contribution in [2.75, 3.05) is 6.61 Å². The Morgan fingerprint density at radius 2 is 2.10 bits per heavy atom. The summed E-state index contributed by atoms with van der Waals surface area (Å²) in [6, 6.07) is 6.15. The lowest BCUT2D eigenvalue weighted by Crippen LogP contribution is -2.50. The van der Waals surface area contributed by atoms with E-state index in [4.69, 9.17) is 14.6 Å². The molecule has 1 aliphatic heterocycles. The molecule has 6 heteroatoms. The Hall–Kier alpha value is -2.24. The summed E-state index contributed by atoms with van der Waals surface area (Å²) in [6.07, 6.45) is 0.219. The molecule has 2 rings (SSSR count). The number of carboxylic acid groups (broad SMARTS) is 1. The molecule has 108 valence electrons. The van der Waals surface area contributed by atoms with Crippen LogP contribution in [-0.4, -0.2) is 35.7 Å². The zero-order valence-corrected chi connectivity index (χ0v) is 11.2. The van der Waals surface area contributed by atoms with Gasteiger partial charge in [-0.25, -0.2) is 4.79 Å². The highest BCUT2D eigenvalue weighted by molar-refractivity contribution is 5.86. The van der Waals surface area contributed by atoms with Gasteiger partial charge in [0.25, 0.3) is 5.91 Å². The first-order valence-electron chi connectivity index (χ1n) is 6.53. The van der Waals surface area contributed by atoms with Crippen LogP contribution in [0.25, 0.3) is 0 Å². The second-order valence-corrected chi connectivity index (χ2v) is 4.55. The Balaban J connectivity index is 1.99. The predicted molar refractivity (Wildman–Crippen MR) is 70.8 cm³/mol. The van der Waals surface area contributed by atoms with Gasteiger partial charge in [0.2, 0.25) is 6.10 Å². The topological polar surface area (TPSA) is 84.9 Å². The van der Waals surface area contributed by atoms with E-state index in [1.54, 1.807) is 18.2 Å². The number of amides is 1. The number of fused-ring (bicyclic) bond motifs is 1. The summed E-state index contributed by atoms with van der Waals surface area (Å²) in [4.78, 5) is 23.0. The van der Waals surface area contributed by atoms with E-state index < -0.39 is 24.0 Å². The van der Waals surface area contributed by atoms with Gasteiger partial charge in [-0.2, -0.15) is 0 Å². The number of carboxylic acids is 1. The standard InChI is InChI=1S/C14H17NO5/c1-2-5-9(14(17)18)15-13(16)12-8-19-10-6-3-4-7-11(10)20-12/h3-4,6-7,9,12H,2,5,8H2,1H3,(H,15,16)(H,17,18)/t9-,12+/m1/s1. The molecular formula is C14H17NO5. The van der Waals surface area contributed by atoms with Crippen molar-refractivity contribution in [1.82, 2.24) is 5.32 Å². The lowest BCUT2D eigenvalue weighted by molar-refractivity contribution is -0.143. The number of carbonyl (C=O) groups is 2. The fourth-order valence-electron chi connectivity index (χ4n) is 1.96. The van der Waals surface area contributed by atoms with Crippen molar-refractivity contribution in [3.8, 4) is 11.5 Å². The zero-order chi connectivity index (χ0) is 14.5. The SMILES string of the molecule is CCC[C@@H](NC(=O)[C@@H]1COc2ccccc2O1)C(=O)O. The highest BCUT2D eigenvalue weighted by Crippen LogP contribution is 2.30. The molecule has 1 heterocycles. The summed E-state index contributed by atoms with van der Waals surface area (Å²) in [5.41, 5.74) is 0. The van der Waals surface area contributed by atoms with Crippen molar-refractivity contribution >= 4 is 11.9 Å². The van der Waals surface area contributed by atoms with Gasteiger partial charge in [0.1, 0.15) is 12.6 Å². The van der Waals surface area contributed by atoms with E-state index in [9.17, 15) is 9.59 Å². The highest BCUT2D eigenvalue weighted by atomic mass is 16.6. The number of carbonyl (C=O) groups excluding carboxylic acids is 1. The monoisotopic (exact) mass is 279 g/mol. The quantitative estimate of drug-likeness (QED) is 0.846. The number of para-hydroxylation sites is 2. The summed E-state index contributed by atoms with van der Waals surface area (Å²) in [7, 11) is 0. The van der Waals surface area contributed by atoms with Gasteiger partial charge in [0.05, 0.1) is 0 Å². The van der Waals surface area contributed by atoms with Crippen LogP contribution in [0.3, 0.4) is 0 Å². The van der Waals surface area contributed by atoms with Crippen molar-refractivity contribution < 1.29 is 24.2 Å². The van der Waals surface area contributed by atoms with E-state index in [-0.39, 0.29) is 6.61 Å². The molecule has 2 atom stereocenters. The average molecular weight is 279 g/mol. The zero-order valence-electron chi connectivity index (χ0n) is 11.2. The van der Waals surface area contributed by atoms with E-state index >= 15 is 0 Å². The number of ether oxygens (including phenoxy) is 2. The lowest BCUT2D eigenvalue weighted by atomic mass is 10.1. The molecule has 1 aromatic carbocycles. The van der Waals surface area contributed by atoms with Gasteiger partial charge in [-0.1, -0.05) is 25.5 Å². The Morgan fingerprint density at radius 3 is 2.75 bits per heavy atom. The lowest BCUT2D eigenvalue weighted by Gasteiger charge is -2.26. The maximum absolute atomic E-state index is 12.0. The molecule has 0 saturated heterocycles. The third-order valence-electron chi connectivity index (χ3n) is 2.99. The first kappa shape index (κ1) is 14.2. The fraction of sp³-hybridized carbons (Fsp3) is 0.429. The molecule has 0 aliphatic carbocycles. The number of hydrogen-bond donors (Lipinski definition) is 2. The van der Waals surface area contributed by atoms with Gasteiger partial charge in [-0.05, 0) is 18.6 Å². The van der Waals surface area contributed by atoms with Crippen LogP contribution in [0.15, 0.2) is 24.3 Å². The summed E-state index contributed by atoms with van der Waals surface area (Å²) in [5.74, 6) is -0.446. The molecule has 0 radical (unpaired) electrons. The van der Waals surface area contributed by atoms with Gasteiger partial charge in [0.15, 0.2) is 11.5 Å². The van der Waals surface area contributed by atoms with Crippen LogP contribution in [0.1, 0.15) is 19.8 Å². The Bertz CT molecular complexity index is 502. The molecule has 0 spiro atoms. The molecule has 1 aromatic rings. The molecule has 0 bridgehead atoms. The van der Waals surface area contributed by atoms with Crippen LogP contribution in [0.4, 0.5) is 0 Å². The van der Waals surface area contributed by atoms with Crippen molar-refractivity contribution in [3.05, 3.63) is 24.3 Å². The molecule has 20 heavy (non-hydrogen) atoms. The Morgan fingerprint density at radius 1 is 1.40 bits per heavy atom. The molecule has 6 nitrogen and oxygen atoms in total. The number of aliphatic carboxylic acids is 1. The molecule has 0 aromatic heterocycles. The van der Waals surface area contributed by atoms with E-state index in [0.29, 0.717) is 24.3 Å². The number of benzene rings is 1. The van der Waals surface area contributed by atoms with Crippen molar-refractivity contribution in [2.45, 2.75) is 31.9 Å². The fourth-order valence-corrected chi connectivity index (χ4v) is 1.96. The van der Waals surface area contributed by atoms with Gasteiger partial charge >= 0.3 is 5.97 Å². The van der Waals surface area contributed by atoms with E-state index in [1.165, 1.54) is 0 Å². The van der Waals surface area contributed by atoms with E-state index in [1.807, 2.05) is 13.0 Å². The normalized spacial score (nSPS) is 18.1. The predicted octanol–water partition coefficient (Wildman–Crippen LogP) is 1.20. The maximum Gasteiger partial charge on any atom is 0.326 e. The number of hydrogen-bond acceptors (Lipinski definition) is 4. The molecule has 2 N–H and O–H groups in total. The maximum atomic E-state index is 12.0. The minimum Gasteiger partial charge on any atom is -0.485 e. The summed E-state index contributed by atoms with van der Waals surface area (Å²) in [6.45, 7) is 1.93. The Labute approximate surface area is 116 Å². The molecule has 0 fully saturated rings. The van der Waals surface area contributed by atoms with Crippen LogP contribution in [0.5, 0.6) is 11.5 Å². The Kier molecular flexibility index (Phi) is 4.45. The summed E-state index contributed by atoms with van der Waals surface area (Å²) < 4.78 is 10.9. The number of rotatable bonds is 5. The summed E-state index contributed by atoms with van der Waals surface area (Å²) in [5, 5.41) is 11.5. The molecule has 0 unspecified atom stereocenters. The second kappa shape index (κ2) is 6.27. The van der Waals surface area contributed by atoms with Crippen LogP contribution in [0, 0.1) is 0 Å². The van der Waals surface area contributed by atoms with Crippen molar-refractivity contribution in [3.63, 3.8) is 0 Å². The van der Waals surface area contributed by atoms with Crippen molar-refractivity contribution in [2.24, 2.45) is 0 Å². The van der Waals surface area contributed by atoms with Gasteiger partial charge in [-0.3, -0.25) is 4.79 Å². The van der Waals surface area contributed by atoms with Gasteiger partial charge in [-0.15, -0.1) is 0 Å².